The molecule has 4 heteroatoms. The monoisotopic (exact) mass is 412 g/mol. The maximum absolute atomic E-state index is 6.26. The molecule has 0 radical (unpaired) electrons. The summed E-state index contributed by atoms with van der Waals surface area (Å²) in [6, 6.07) is 20.7. The van der Waals surface area contributed by atoms with Crippen LogP contribution in [0, 0.1) is 6.92 Å². The number of aryl methyl sites for hydroxylation is 1. The summed E-state index contributed by atoms with van der Waals surface area (Å²) >= 11 is 0. The van der Waals surface area contributed by atoms with Crippen molar-refractivity contribution in [3.05, 3.63) is 72.4 Å². The van der Waals surface area contributed by atoms with Crippen molar-refractivity contribution in [2.24, 2.45) is 0 Å². The Hall–Kier alpha value is -3.11. The Kier molecular flexibility index (Phi) is 5.72. The molecule has 1 fully saturated rings. The molecular formula is C27H28N2O2. The highest BCUT2D eigenvalue weighted by Crippen LogP contribution is 2.41. The summed E-state index contributed by atoms with van der Waals surface area (Å²) in [7, 11) is 0. The maximum atomic E-state index is 6.26. The van der Waals surface area contributed by atoms with Gasteiger partial charge in [0.05, 0.1) is 5.39 Å². The van der Waals surface area contributed by atoms with Crippen LogP contribution in [0.25, 0.3) is 33.6 Å². The van der Waals surface area contributed by atoms with Gasteiger partial charge in [-0.3, -0.25) is 4.90 Å². The van der Waals surface area contributed by atoms with Gasteiger partial charge in [0.25, 0.3) is 0 Å². The molecule has 3 heterocycles. The minimum absolute atomic E-state index is 0.677. The van der Waals surface area contributed by atoms with Crippen molar-refractivity contribution >= 4 is 11.1 Å². The molecule has 4 nitrogen and oxygen atoms in total. The van der Waals surface area contributed by atoms with Crippen LogP contribution in [0.3, 0.4) is 0 Å². The lowest BCUT2D eigenvalue weighted by Crippen LogP contribution is -2.33. The van der Waals surface area contributed by atoms with Crippen molar-refractivity contribution in [1.82, 2.24) is 9.88 Å². The standard InChI is InChI=1S/C27H28N2O2/c1-20-14-15-28-27-24(20)25(21-8-4-2-5-9-21)26(31-27)22-10-12-23(13-11-22)30-19-18-29-16-6-3-7-17-29/h2,4-5,8-15H,3,6-7,16-19H2,1H3. The third kappa shape index (κ3) is 4.21. The fourth-order valence-electron chi connectivity index (χ4n) is 4.44. The third-order valence-electron chi connectivity index (χ3n) is 6.10. The number of furan rings is 1. The molecule has 0 aliphatic carbocycles. The molecule has 0 unspecified atom stereocenters. The first-order valence-corrected chi connectivity index (χ1v) is 11.2. The van der Waals surface area contributed by atoms with E-state index in [9.17, 15) is 0 Å². The van der Waals surface area contributed by atoms with Gasteiger partial charge in [0.2, 0.25) is 5.71 Å². The molecule has 2 aromatic heterocycles. The van der Waals surface area contributed by atoms with Gasteiger partial charge in [0, 0.05) is 23.9 Å². The van der Waals surface area contributed by atoms with E-state index >= 15 is 0 Å². The average molecular weight is 413 g/mol. The van der Waals surface area contributed by atoms with Gasteiger partial charge >= 0.3 is 0 Å². The largest absolute Gasteiger partial charge is 0.492 e. The minimum Gasteiger partial charge on any atom is -0.492 e. The van der Waals surface area contributed by atoms with Crippen LogP contribution in [-0.2, 0) is 0 Å². The molecule has 0 bridgehead atoms. The zero-order chi connectivity index (χ0) is 21.0. The molecule has 1 aliphatic rings. The SMILES string of the molecule is Cc1ccnc2oc(-c3ccc(OCCN4CCCCC4)cc3)c(-c3ccccc3)c12. The molecule has 0 N–H and O–H groups in total. The first-order chi connectivity index (χ1) is 15.3. The van der Waals surface area contributed by atoms with E-state index in [1.807, 2.05) is 24.3 Å². The van der Waals surface area contributed by atoms with Gasteiger partial charge in [-0.2, -0.15) is 0 Å². The van der Waals surface area contributed by atoms with Crippen molar-refractivity contribution < 1.29 is 9.15 Å². The van der Waals surface area contributed by atoms with Crippen LogP contribution in [0.2, 0.25) is 0 Å². The summed E-state index contributed by atoms with van der Waals surface area (Å²) < 4.78 is 12.3. The van der Waals surface area contributed by atoms with Crippen molar-refractivity contribution in [3.63, 3.8) is 0 Å². The van der Waals surface area contributed by atoms with Gasteiger partial charge in [0.1, 0.15) is 18.1 Å². The normalized spacial score (nSPS) is 14.7. The number of likely N-dealkylation sites (tertiary alicyclic amines) is 1. The maximum Gasteiger partial charge on any atom is 0.227 e. The quantitative estimate of drug-likeness (QED) is 0.371. The van der Waals surface area contributed by atoms with Crippen LogP contribution in [0.4, 0.5) is 0 Å². The molecule has 0 saturated carbocycles. The van der Waals surface area contributed by atoms with E-state index in [1.54, 1.807) is 6.20 Å². The first-order valence-electron chi connectivity index (χ1n) is 11.2. The summed E-state index contributed by atoms with van der Waals surface area (Å²) in [5.74, 6) is 1.75. The van der Waals surface area contributed by atoms with Gasteiger partial charge in [-0.25, -0.2) is 4.98 Å². The zero-order valence-corrected chi connectivity index (χ0v) is 18.0. The number of ether oxygens (including phenoxy) is 1. The lowest BCUT2D eigenvalue weighted by Gasteiger charge is -2.26. The Bertz CT molecular complexity index is 1140. The van der Waals surface area contributed by atoms with Crippen LogP contribution in [0.5, 0.6) is 5.75 Å². The Morgan fingerprint density at radius 3 is 2.45 bits per heavy atom. The van der Waals surface area contributed by atoms with Gasteiger partial charge in [0.15, 0.2) is 0 Å². The van der Waals surface area contributed by atoms with E-state index in [0.29, 0.717) is 5.71 Å². The van der Waals surface area contributed by atoms with Crippen LogP contribution >= 0.6 is 0 Å². The van der Waals surface area contributed by atoms with Crippen LogP contribution in [-0.4, -0.2) is 36.1 Å². The highest BCUT2D eigenvalue weighted by atomic mass is 16.5. The molecule has 31 heavy (non-hydrogen) atoms. The predicted molar refractivity (Wildman–Crippen MR) is 125 cm³/mol. The van der Waals surface area contributed by atoms with E-state index in [4.69, 9.17) is 9.15 Å². The van der Waals surface area contributed by atoms with Gasteiger partial charge in [-0.1, -0.05) is 36.8 Å². The molecule has 0 amide bonds. The number of piperidine rings is 1. The van der Waals surface area contributed by atoms with Crippen LogP contribution in [0.1, 0.15) is 24.8 Å². The summed E-state index contributed by atoms with van der Waals surface area (Å²) in [6.45, 7) is 6.22. The highest BCUT2D eigenvalue weighted by Gasteiger charge is 2.20. The average Bonchev–Trinajstić information content (AvgIpc) is 3.22. The zero-order valence-electron chi connectivity index (χ0n) is 18.0. The number of hydrogen-bond acceptors (Lipinski definition) is 4. The number of pyridine rings is 1. The van der Waals surface area contributed by atoms with E-state index < -0.39 is 0 Å². The Morgan fingerprint density at radius 2 is 1.68 bits per heavy atom. The van der Waals surface area contributed by atoms with Crippen LogP contribution < -0.4 is 4.74 Å². The summed E-state index contributed by atoms with van der Waals surface area (Å²) in [4.78, 5) is 6.97. The third-order valence-corrected chi connectivity index (χ3v) is 6.10. The number of fused-ring (bicyclic) bond motifs is 1. The Labute approximate surface area is 183 Å². The molecule has 5 rings (SSSR count). The topological polar surface area (TPSA) is 38.5 Å². The Balaban J connectivity index is 1.41. The van der Waals surface area contributed by atoms with Gasteiger partial charge in [-0.05, 0) is 74.3 Å². The second kappa shape index (κ2) is 8.94. The number of aromatic nitrogens is 1. The van der Waals surface area contributed by atoms with E-state index in [2.05, 4.69) is 53.2 Å². The number of benzene rings is 2. The second-order valence-electron chi connectivity index (χ2n) is 8.26. The van der Waals surface area contributed by atoms with E-state index in [0.717, 1.165) is 52.3 Å². The van der Waals surface area contributed by atoms with E-state index in [-0.39, 0.29) is 0 Å². The summed E-state index contributed by atoms with van der Waals surface area (Å²) in [6.07, 6.45) is 5.79. The smallest absolute Gasteiger partial charge is 0.227 e. The molecule has 2 aromatic carbocycles. The first kappa shape index (κ1) is 19.8. The lowest BCUT2D eigenvalue weighted by atomic mass is 9.97. The molecule has 158 valence electrons. The molecule has 1 saturated heterocycles. The van der Waals surface area contributed by atoms with Crippen LogP contribution in [0.15, 0.2) is 71.3 Å². The van der Waals surface area contributed by atoms with Crippen molar-refractivity contribution in [2.75, 3.05) is 26.2 Å². The minimum atomic E-state index is 0.677. The van der Waals surface area contributed by atoms with Crippen molar-refractivity contribution in [1.29, 1.82) is 0 Å². The van der Waals surface area contributed by atoms with Crippen molar-refractivity contribution in [3.8, 4) is 28.2 Å². The molecular weight excluding hydrogens is 384 g/mol. The fraction of sp³-hybridized carbons (Fsp3) is 0.296. The molecule has 0 atom stereocenters. The lowest BCUT2D eigenvalue weighted by molar-refractivity contribution is 0.183. The number of nitrogens with zero attached hydrogens (tertiary/aromatic N) is 2. The second-order valence-corrected chi connectivity index (χ2v) is 8.26. The van der Waals surface area contributed by atoms with Gasteiger partial charge in [-0.15, -0.1) is 0 Å². The molecule has 1 aliphatic heterocycles. The molecule has 0 spiro atoms. The van der Waals surface area contributed by atoms with Crippen molar-refractivity contribution in [2.45, 2.75) is 26.2 Å². The predicted octanol–water partition coefficient (Wildman–Crippen LogP) is 6.33. The van der Waals surface area contributed by atoms with Gasteiger partial charge < -0.3 is 9.15 Å². The van der Waals surface area contributed by atoms with E-state index in [1.165, 1.54) is 32.4 Å². The Morgan fingerprint density at radius 1 is 0.903 bits per heavy atom. The fourth-order valence-corrected chi connectivity index (χ4v) is 4.44. The number of rotatable bonds is 6. The summed E-state index contributed by atoms with van der Waals surface area (Å²) in [5, 5.41) is 1.07. The summed E-state index contributed by atoms with van der Waals surface area (Å²) in [5.41, 5.74) is 5.10. The molecule has 4 aromatic rings. The highest BCUT2D eigenvalue weighted by molar-refractivity contribution is 6.02. The number of hydrogen-bond donors (Lipinski definition) is 0.